The SMILES string of the molecule is CCNC(=O)c1ccc(Cc2nc(-c3c(F)cccc3F)nc(C=O)c2C(=O)OCC)cc1. The zero-order valence-electron chi connectivity index (χ0n) is 18.0. The molecular formula is C24H21F2N3O4. The summed E-state index contributed by atoms with van der Waals surface area (Å²) in [6.45, 7) is 3.93. The van der Waals surface area contributed by atoms with E-state index < -0.39 is 23.2 Å². The predicted molar refractivity (Wildman–Crippen MR) is 116 cm³/mol. The Morgan fingerprint density at radius 2 is 1.70 bits per heavy atom. The van der Waals surface area contributed by atoms with Gasteiger partial charge in [-0.15, -0.1) is 0 Å². The molecule has 0 atom stereocenters. The fourth-order valence-electron chi connectivity index (χ4n) is 3.22. The Morgan fingerprint density at radius 1 is 1.03 bits per heavy atom. The molecule has 1 aromatic heterocycles. The number of amides is 1. The van der Waals surface area contributed by atoms with Gasteiger partial charge in [0.1, 0.15) is 22.9 Å². The lowest BCUT2D eigenvalue weighted by molar-refractivity contribution is 0.0521. The average Bonchev–Trinajstić information content (AvgIpc) is 2.79. The number of hydrogen-bond donors (Lipinski definition) is 1. The van der Waals surface area contributed by atoms with E-state index in [4.69, 9.17) is 4.74 Å². The summed E-state index contributed by atoms with van der Waals surface area (Å²) in [6, 6.07) is 9.80. The summed E-state index contributed by atoms with van der Waals surface area (Å²) in [4.78, 5) is 44.5. The lowest BCUT2D eigenvalue weighted by Crippen LogP contribution is -2.22. The first-order chi connectivity index (χ1) is 15.9. The van der Waals surface area contributed by atoms with Gasteiger partial charge in [0.05, 0.1) is 17.9 Å². The number of hydrogen-bond acceptors (Lipinski definition) is 6. The summed E-state index contributed by atoms with van der Waals surface area (Å²) >= 11 is 0. The smallest absolute Gasteiger partial charge is 0.342 e. The highest BCUT2D eigenvalue weighted by molar-refractivity contribution is 5.98. The second kappa shape index (κ2) is 10.5. The minimum Gasteiger partial charge on any atom is -0.462 e. The molecule has 0 radical (unpaired) electrons. The van der Waals surface area contributed by atoms with Crippen LogP contribution in [0.3, 0.4) is 0 Å². The average molecular weight is 453 g/mol. The third-order valence-electron chi connectivity index (χ3n) is 4.71. The van der Waals surface area contributed by atoms with E-state index in [1.165, 1.54) is 6.07 Å². The van der Waals surface area contributed by atoms with Crippen molar-refractivity contribution in [2.45, 2.75) is 20.3 Å². The molecule has 0 bridgehead atoms. The molecule has 0 aliphatic heterocycles. The molecule has 7 nitrogen and oxygen atoms in total. The highest BCUT2D eigenvalue weighted by atomic mass is 19.1. The molecule has 170 valence electrons. The van der Waals surface area contributed by atoms with E-state index in [0.29, 0.717) is 24.0 Å². The molecule has 0 saturated heterocycles. The molecule has 0 unspecified atom stereocenters. The highest BCUT2D eigenvalue weighted by Gasteiger charge is 2.25. The van der Waals surface area contributed by atoms with Crippen LogP contribution in [0.4, 0.5) is 8.78 Å². The Bertz CT molecular complexity index is 1180. The molecule has 3 rings (SSSR count). The number of ether oxygens (including phenoxy) is 1. The van der Waals surface area contributed by atoms with Crippen molar-refractivity contribution < 1.29 is 27.9 Å². The molecule has 0 aliphatic carbocycles. The van der Waals surface area contributed by atoms with Crippen LogP contribution in [0.25, 0.3) is 11.4 Å². The van der Waals surface area contributed by atoms with Crippen LogP contribution < -0.4 is 5.32 Å². The summed E-state index contributed by atoms with van der Waals surface area (Å²) in [5.41, 5.74) is 0.119. The number of nitrogens with zero attached hydrogens (tertiary/aromatic N) is 2. The number of nitrogens with one attached hydrogen (secondary N) is 1. The van der Waals surface area contributed by atoms with Crippen molar-refractivity contribution in [3.05, 3.63) is 82.2 Å². The molecule has 33 heavy (non-hydrogen) atoms. The Morgan fingerprint density at radius 3 is 2.27 bits per heavy atom. The van der Waals surface area contributed by atoms with Crippen LogP contribution in [0.15, 0.2) is 42.5 Å². The summed E-state index contributed by atoms with van der Waals surface area (Å²) in [5, 5.41) is 2.69. The van der Waals surface area contributed by atoms with Gasteiger partial charge in [0.15, 0.2) is 12.1 Å². The lowest BCUT2D eigenvalue weighted by Gasteiger charge is -2.13. The monoisotopic (exact) mass is 453 g/mol. The van der Waals surface area contributed by atoms with Crippen molar-refractivity contribution in [2.24, 2.45) is 0 Å². The van der Waals surface area contributed by atoms with Gasteiger partial charge in [0.2, 0.25) is 0 Å². The number of rotatable bonds is 8. The van der Waals surface area contributed by atoms with Gasteiger partial charge in [0, 0.05) is 18.5 Å². The van der Waals surface area contributed by atoms with Crippen molar-refractivity contribution in [3.8, 4) is 11.4 Å². The Kier molecular flexibility index (Phi) is 7.55. The normalized spacial score (nSPS) is 10.5. The minimum atomic E-state index is -0.909. The zero-order chi connectivity index (χ0) is 24.0. The van der Waals surface area contributed by atoms with Crippen LogP contribution in [0.1, 0.15) is 56.3 Å². The molecule has 1 heterocycles. The van der Waals surface area contributed by atoms with Crippen LogP contribution in [0, 0.1) is 11.6 Å². The van der Waals surface area contributed by atoms with Crippen LogP contribution in [-0.4, -0.2) is 41.3 Å². The van der Waals surface area contributed by atoms with E-state index in [1.54, 1.807) is 38.1 Å². The summed E-state index contributed by atoms with van der Waals surface area (Å²) in [5.74, 6) is -3.25. The first kappa shape index (κ1) is 23.6. The van der Waals surface area contributed by atoms with Crippen molar-refractivity contribution in [1.82, 2.24) is 15.3 Å². The number of carbonyl (C=O) groups excluding carboxylic acids is 3. The summed E-state index contributed by atoms with van der Waals surface area (Å²) in [6.07, 6.45) is 0.341. The molecule has 3 aromatic rings. The quantitative estimate of drug-likeness (QED) is 0.412. The molecule has 9 heteroatoms. The summed E-state index contributed by atoms with van der Waals surface area (Å²) in [7, 11) is 0. The fraction of sp³-hybridized carbons (Fsp3) is 0.208. The van der Waals surface area contributed by atoms with E-state index in [9.17, 15) is 23.2 Å². The standard InChI is InChI=1S/C24H21F2N3O4/c1-3-27-23(31)15-10-8-14(9-11-15)12-18-21(24(32)33-4-2)19(13-30)29-22(28-18)20-16(25)6-5-7-17(20)26/h5-11,13H,3-4,12H2,1-2H3,(H,27,31). The van der Waals surface area contributed by atoms with E-state index in [2.05, 4.69) is 15.3 Å². The van der Waals surface area contributed by atoms with Gasteiger partial charge in [-0.25, -0.2) is 23.5 Å². The number of esters is 1. The lowest BCUT2D eigenvalue weighted by atomic mass is 10.0. The number of benzene rings is 2. The number of aromatic nitrogens is 2. The number of halogens is 2. The van der Waals surface area contributed by atoms with Crippen molar-refractivity contribution in [3.63, 3.8) is 0 Å². The molecule has 1 N–H and O–H groups in total. The maximum atomic E-state index is 14.4. The molecule has 1 amide bonds. The van der Waals surface area contributed by atoms with E-state index >= 15 is 0 Å². The zero-order valence-corrected chi connectivity index (χ0v) is 18.0. The molecule has 0 aliphatic rings. The molecular weight excluding hydrogens is 432 g/mol. The Hall–Kier alpha value is -4.01. The Labute approximate surface area is 188 Å². The highest BCUT2D eigenvalue weighted by Crippen LogP contribution is 2.26. The van der Waals surface area contributed by atoms with Gasteiger partial charge in [-0.3, -0.25) is 9.59 Å². The van der Waals surface area contributed by atoms with E-state index in [0.717, 1.165) is 12.1 Å². The van der Waals surface area contributed by atoms with Crippen LogP contribution in [-0.2, 0) is 11.2 Å². The third kappa shape index (κ3) is 5.25. The second-order valence-electron chi connectivity index (χ2n) is 6.92. The first-order valence-corrected chi connectivity index (χ1v) is 10.2. The maximum Gasteiger partial charge on any atom is 0.342 e. The van der Waals surface area contributed by atoms with Crippen molar-refractivity contribution in [1.29, 1.82) is 0 Å². The van der Waals surface area contributed by atoms with Gasteiger partial charge in [-0.05, 0) is 43.7 Å². The molecule has 0 spiro atoms. The minimum absolute atomic E-state index is 0.0241. The Balaban J connectivity index is 2.12. The van der Waals surface area contributed by atoms with E-state index in [-0.39, 0.29) is 41.7 Å². The molecule has 2 aromatic carbocycles. The van der Waals surface area contributed by atoms with Gasteiger partial charge < -0.3 is 10.1 Å². The maximum absolute atomic E-state index is 14.4. The predicted octanol–water partition coefficient (Wildman–Crippen LogP) is 3.75. The summed E-state index contributed by atoms with van der Waals surface area (Å²) < 4.78 is 33.8. The van der Waals surface area contributed by atoms with Crippen LogP contribution in [0.5, 0.6) is 0 Å². The van der Waals surface area contributed by atoms with Crippen molar-refractivity contribution in [2.75, 3.05) is 13.2 Å². The van der Waals surface area contributed by atoms with Gasteiger partial charge in [-0.1, -0.05) is 18.2 Å². The van der Waals surface area contributed by atoms with Crippen molar-refractivity contribution >= 4 is 18.2 Å². The van der Waals surface area contributed by atoms with Gasteiger partial charge >= 0.3 is 5.97 Å². The number of carbonyl (C=O) groups is 3. The first-order valence-electron chi connectivity index (χ1n) is 10.2. The van der Waals surface area contributed by atoms with Crippen LogP contribution in [0.2, 0.25) is 0 Å². The topological polar surface area (TPSA) is 98.3 Å². The van der Waals surface area contributed by atoms with E-state index in [1.807, 2.05) is 0 Å². The third-order valence-corrected chi connectivity index (χ3v) is 4.71. The molecule has 0 fully saturated rings. The van der Waals surface area contributed by atoms with Gasteiger partial charge in [-0.2, -0.15) is 0 Å². The largest absolute Gasteiger partial charge is 0.462 e. The second-order valence-corrected chi connectivity index (χ2v) is 6.92. The number of aldehydes is 1. The van der Waals surface area contributed by atoms with Crippen LogP contribution >= 0.6 is 0 Å². The fourth-order valence-corrected chi connectivity index (χ4v) is 3.22. The molecule has 0 saturated carbocycles. The van der Waals surface area contributed by atoms with Gasteiger partial charge in [0.25, 0.3) is 5.91 Å².